The van der Waals surface area contributed by atoms with E-state index in [-0.39, 0.29) is 24.2 Å². The number of ether oxygens (including phenoxy) is 1. The van der Waals surface area contributed by atoms with Gasteiger partial charge in [-0.05, 0) is 24.3 Å². The SMILES string of the molecule is C[C@H]1CN(c2ccncc2CC(=O)c2ccc3ncc(N4CCOCC4)cc3n2)C[C@@H](N)[C@@H]1O. The van der Waals surface area contributed by atoms with E-state index in [9.17, 15) is 9.90 Å². The van der Waals surface area contributed by atoms with Gasteiger partial charge in [-0.1, -0.05) is 6.92 Å². The van der Waals surface area contributed by atoms with Crippen molar-refractivity contribution in [2.45, 2.75) is 25.5 Å². The Morgan fingerprint density at radius 1 is 1.15 bits per heavy atom. The van der Waals surface area contributed by atoms with Gasteiger partial charge < -0.3 is 25.4 Å². The number of Topliss-reactive ketones (excluding diaryl/α,β-unsaturated/α-hetero) is 1. The van der Waals surface area contributed by atoms with Gasteiger partial charge in [0.2, 0.25) is 0 Å². The molecule has 178 valence electrons. The van der Waals surface area contributed by atoms with Gasteiger partial charge in [0.05, 0.1) is 42.2 Å². The molecule has 0 amide bonds. The van der Waals surface area contributed by atoms with Gasteiger partial charge in [0, 0.05) is 68.2 Å². The number of nitrogens with zero attached hydrogens (tertiary/aromatic N) is 5. The third-order valence-corrected chi connectivity index (χ3v) is 6.72. The normalized spacial score (nSPS) is 23.3. The van der Waals surface area contributed by atoms with Crippen molar-refractivity contribution < 1.29 is 14.6 Å². The van der Waals surface area contributed by atoms with Crippen molar-refractivity contribution in [3.05, 3.63) is 54.1 Å². The molecular formula is C25H30N6O3. The summed E-state index contributed by atoms with van der Waals surface area (Å²) in [6.07, 6.45) is 4.95. The van der Waals surface area contributed by atoms with E-state index in [4.69, 9.17) is 10.5 Å². The molecule has 0 aliphatic carbocycles. The van der Waals surface area contributed by atoms with E-state index < -0.39 is 6.10 Å². The summed E-state index contributed by atoms with van der Waals surface area (Å²) in [7, 11) is 0. The lowest BCUT2D eigenvalue weighted by Gasteiger charge is -2.40. The van der Waals surface area contributed by atoms with Crippen molar-refractivity contribution in [3.8, 4) is 0 Å². The Morgan fingerprint density at radius 3 is 2.76 bits per heavy atom. The number of morpholine rings is 1. The predicted molar refractivity (Wildman–Crippen MR) is 130 cm³/mol. The standard InChI is InChI=1S/C25H30N6O3/c1-16-14-31(15-19(26)25(16)33)23-4-5-27-12-17(23)10-24(32)21-3-2-20-22(29-21)11-18(13-28-20)30-6-8-34-9-7-30/h2-5,11-13,16,19,25,33H,6-10,14-15,26H2,1H3/t16-,19+,25+/m0/s1. The van der Waals surface area contributed by atoms with E-state index in [0.717, 1.165) is 35.5 Å². The number of carbonyl (C=O) groups is 1. The summed E-state index contributed by atoms with van der Waals surface area (Å²) >= 11 is 0. The second kappa shape index (κ2) is 9.61. The molecule has 3 N–H and O–H groups in total. The molecule has 2 fully saturated rings. The lowest BCUT2D eigenvalue weighted by Crippen LogP contribution is -2.55. The van der Waals surface area contributed by atoms with Crippen LogP contribution >= 0.6 is 0 Å². The number of aromatic nitrogens is 3. The highest BCUT2D eigenvalue weighted by Crippen LogP contribution is 2.27. The molecule has 0 bridgehead atoms. The highest BCUT2D eigenvalue weighted by atomic mass is 16.5. The van der Waals surface area contributed by atoms with Crippen LogP contribution in [0.4, 0.5) is 11.4 Å². The zero-order valence-electron chi connectivity index (χ0n) is 19.3. The first kappa shape index (κ1) is 22.6. The summed E-state index contributed by atoms with van der Waals surface area (Å²) in [4.78, 5) is 31.0. The van der Waals surface area contributed by atoms with E-state index in [0.29, 0.717) is 37.5 Å². The molecule has 5 rings (SSSR count). The first-order valence-electron chi connectivity index (χ1n) is 11.7. The molecule has 3 aromatic rings. The lowest BCUT2D eigenvalue weighted by molar-refractivity contribution is 0.0784. The van der Waals surface area contributed by atoms with E-state index in [1.165, 1.54) is 0 Å². The molecule has 9 nitrogen and oxygen atoms in total. The number of fused-ring (bicyclic) bond motifs is 1. The maximum Gasteiger partial charge on any atom is 0.185 e. The largest absolute Gasteiger partial charge is 0.391 e. The van der Waals surface area contributed by atoms with Crippen molar-refractivity contribution in [2.75, 3.05) is 49.2 Å². The molecule has 0 spiro atoms. The smallest absolute Gasteiger partial charge is 0.185 e. The minimum atomic E-state index is -0.527. The molecule has 0 radical (unpaired) electrons. The number of aliphatic hydroxyl groups excluding tert-OH is 1. The van der Waals surface area contributed by atoms with Crippen molar-refractivity contribution >= 4 is 28.2 Å². The number of aliphatic hydroxyl groups is 1. The summed E-state index contributed by atoms with van der Waals surface area (Å²) in [5, 5.41) is 10.2. The number of hydrogen-bond donors (Lipinski definition) is 2. The summed E-state index contributed by atoms with van der Waals surface area (Å²) in [6.45, 7) is 6.19. The molecule has 2 saturated heterocycles. The van der Waals surface area contributed by atoms with Crippen LogP contribution in [0.15, 0.2) is 42.9 Å². The molecule has 2 aliphatic heterocycles. The van der Waals surface area contributed by atoms with Crippen LogP contribution in [0.1, 0.15) is 23.0 Å². The quantitative estimate of drug-likeness (QED) is 0.543. The molecule has 3 aromatic heterocycles. The number of pyridine rings is 3. The monoisotopic (exact) mass is 462 g/mol. The number of nitrogens with two attached hydrogens (primary N) is 1. The van der Waals surface area contributed by atoms with Crippen molar-refractivity contribution in [3.63, 3.8) is 0 Å². The van der Waals surface area contributed by atoms with Gasteiger partial charge >= 0.3 is 0 Å². The predicted octanol–water partition coefficient (Wildman–Crippen LogP) is 1.43. The van der Waals surface area contributed by atoms with Gasteiger partial charge in [-0.15, -0.1) is 0 Å². The Balaban J connectivity index is 1.38. The number of anilines is 2. The summed E-state index contributed by atoms with van der Waals surface area (Å²) in [5.41, 5.74) is 10.8. The molecule has 9 heteroatoms. The average molecular weight is 463 g/mol. The zero-order valence-corrected chi connectivity index (χ0v) is 19.3. The molecule has 0 unspecified atom stereocenters. The van der Waals surface area contributed by atoms with Crippen molar-refractivity contribution in [1.29, 1.82) is 0 Å². The van der Waals surface area contributed by atoms with E-state index in [1.807, 2.05) is 31.3 Å². The van der Waals surface area contributed by atoms with Gasteiger partial charge in [0.25, 0.3) is 0 Å². The number of hydrogen-bond acceptors (Lipinski definition) is 9. The van der Waals surface area contributed by atoms with Crippen LogP contribution in [0.3, 0.4) is 0 Å². The number of rotatable bonds is 5. The van der Waals surface area contributed by atoms with Crippen LogP contribution < -0.4 is 15.5 Å². The Hall–Kier alpha value is -3.14. The Labute approximate surface area is 198 Å². The highest BCUT2D eigenvalue weighted by Gasteiger charge is 2.32. The Bertz CT molecular complexity index is 1170. The Morgan fingerprint density at radius 2 is 1.97 bits per heavy atom. The van der Waals surface area contributed by atoms with E-state index >= 15 is 0 Å². The van der Waals surface area contributed by atoms with Crippen molar-refractivity contribution in [2.24, 2.45) is 11.7 Å². The lowest BCUT2D eigenvalue weighted by atomic mass is 9.92. The van der Waals surface area contributed by atoms with E-state index in [1.54, 1.807) is 18.5 Å². The second-order valence-corrected chi connectivity index (χ2v) is 9.17. The third kappa shape index (κ3) is 4.59. The highest BCUT2D eigenvalue weighted by molar-refractivity contribution is 5.98. The minimum absolute atomic E-state index is 0.0378. The first-order valence-corrected chi connectivity index (χ1v) is 11.7. The molecule has 3 atom stereocenters. The van der Waals surface area contributed by atoms with Gasteiger partial charge in [-0.3, -0.25) is 14.8 Å². The second-order valence-electron chi connectivity index (χ2n) is 9.17. The number of carbonyl (C=O) groups excluding carboxylic acids is 1. The maximum atomic E-state index is 13.2. The fraction of sp³-hybridized carbons (Fsp3) is 0.440. The third-order valence-electron chi connectivity index (χ3n) is 6.72. The molecule has 0 saturated carbocycles. The van der Waals surface area contributed by atoms with Gasteiger partial charge in [-0.2, -0.15) is 0 Å². The van der Waals surface area contributed by atoms with Crippen LogP contribution in [0.25, 0.3) is 11.0 Å². The van der Waals surface area contributed by atoms with Gasteiger partial charge in [0.1, 0.15) is 5.69 Å². The van der Waals surface area contributed by atoms with Crippen molar-refractivity contribution in [1.82, 2.24) is 15.0 Å². The summed E-state index contributed by atoms with van der Waals surface area (Å²) < 4.78 is 5.44. The first-order chi connectivity index (χ1) is 16.5. The maximum absolute atomic E-state index is 13.2. The van der Waals surface area contributed by atoms with Crippen LogP contribution in [0, 0.1) is 5.92 Å². The minimum Gasteiger partial charge on any atom is -0.391 e. The van der Waals surface area contributed by atoms with Crippen LogP contribution in [-0.4, -0.2) is 77.4 Å². The van der Waals surface area contributed by atoms with Crippen LogP contribution in [-0.2, 0) is 11.2 Å². The number of ketones is 1. The Kier molecular flexibility index (Phi) is 6.40. The van der Waals surface area contributed by atoms with E-state index in [2.05, 4.69) is 24.8 Å². The number of piperidine rings is 1. The average Bonchev–Trinajstić information content (AvgIpc) is 2.87. The molecule has 2 aliphatic rings. The van der Waals surface area contributed by atoms with Gasteiger partial charge in [0.15, 0.2) is 5.78 Å². The molecular weight excluding hydrogens is 432 g/mol. The fourth-order valence-electron chi connectivity index (χ4n) is 4.79. The molecule has 34 heavy (non-hydrogen) atoms. The topological polar surface area (TPSA) is 118 Å². The molecule has 5 heterocycles. The summed E-state index contributed by atoms with van der Waals surface area (Å²) in [5.74, 6) is -0.0434. The van der Waals surface area contributed by atoms with Gasteiger partial charge in [-0.25, -0.2) is 4.98 Å². The molecule has 0 aromatic carbocycles. The fourth-order valence-corrected chi connectivity index (χ4v) is 4.79. The van der Waals surface area contributed by atoms with Crippen LogP contribution in [0.5, 0.6) is 0 Å². The van der Waals surface area contributed by atoms with Crippen LogP contribution in [0.2, 0.25) is 0 Å². The summed E-state index contributed by atoms with van der Waals surface area (Å²) in [6, 6.07) is 7.14. The zero-order chi connectivity index (χ0) is 23.7.